The molecule has 6 heteroatoms. The van der Waals surface area contributed by atoms with E-state index in [1.807, 2.05) is 18.3 Å². The summed E-state index contributed by atoms with van der Waals surface area (Å²) < 4.78 is 8.21. The number of aryl methyl sites for hydroxylation is 1. The topological polar surface area (TPSA) is 42.3 Å². The van der Waals surface area contributed by atoms with E-state index in [2.05, 4.69) is 75.4 Å². The number of rotatable bonds is 5. The van der Waals surface area contributed by atoms with E-state index < -0.39 is 0 Å². The monoisotopic (exact) mass is 418 g/mol. The number of hydrogen-bond acceptors (Lipinski definition) is 3. The zero-order chi connectivity index (χ0) is 20.5. The molecule has 0 bridgehead atoms. The number of benzene rings is 1. The van der Waals surface area contributed by atoms with Crippen molar-refractivity contribution in [3.63, 3.8) is 0 Å². The summed E-state index contributed by atoms with van der Waals surface area (Å²) in [6.45, 7) is 3.74. The Morgan fingerprint density at radius 2 is 2.00 bits per heavy atom. The number of nitrogens with zero attached hydrogens (tertiary/aromatic N) is 3. The fraction of sp³-hybridized carbons (Fsp3) is 0.333. The maximum absolute atomic E-state index is 5.95. The van der Waals surface area contributed by atoms with Crippen LogP contribution in [0.2, 0.25) is 0 Å². The average Bonchev–Trinajstić information content (AvgIpc) is 3.51. The van der Waals surface area contributed by atoms with Gasteiger partial charge in [-0.2, -0.15) is 0 Å². The SMILES string of the molecule is Cc1ccc(-n2cccc2C2C(c3ccccn3)NC(=S)N2CC2CCCO2)cc1. The zero-order valence-corrected chi connectivity index (χ0v) is 17.9. The summed E-state index contributed by atoms with van der Waals surface area (Å²) in [5.74, 6) is 0. The minimum atomic E-state index is -0.0146. The van der Waals surface area contributed by atoms with Gasteiger partial charge in [0.2, 0.25) is 0 Å². The smallest absolute Gasteiger partial charge is 0.170 e. The molecule has 2 aromatic heterocycles. The van der Waals surface area contributed by atoms with Gasteiger partial charge in [0.25, 0.3) is 0 Å². The molecule has 2 saturated heterocycles. The van der Waals surface area contributed by atoms with Crippen LogP contribution < -0.4 is 5.32 Å². The normalized spacial score (nSPS) is 23.7. The first-order valence-corrected chi connectivity index (χ1v) is 11.0. The highest BCUT2D eigenvalue weighted by Crippen LogP contribution is 2.40. The van der Waals surface area contributed by atoms with Gasteiger partial charge in [-0.1, -0.05) is 23.8 Å². The quantitative estimate of drug-likeness (QED) is 0.625. The van der Waals surface area contributed by atoms with Crippen molar-refractivity contribution in [2.45, 2.75) is 38.0 Å². The molecule has 0 amide bonds. The number of ether oxygens (including phenoxy) is 1. The highest BCUT2D eigenvalue weighted by molar-refractivity contribution is 7.80. The van der Waals surface area contributed by atoms with Crippen molar-refractivity contribution in [3.05, 3.63) is 83.9 Å². The van der Waals surface area contributed by atoms with Crippen LogP contribution in [0.5, 0.6) is 0 Å². The molecule has 3 aromatic rings. The third kappa shape index (κ3) is 3.61. The summed E-state index contributed by atoms with van der Waals surface area (Å²) in [4.78, 5) is 6.94. The van der Waals surface area contributed by atoms with Crippen molar-refractivity contribution < 1.29 is 4.74 Å². The molecule has 0 aliphatic carbocycles. The van der Waals surface area contributed by atoms with Crippen LogP contribution in [-0.2, 0) is 4.74 Å². The maximum atomic E-state index is 5.95. The van der Waals surface area contributed by atoms with Crippen molar-refractivity contribution in [2.24, 2.45) is 0 Å². The Kier molecular flexibility index (Phi) is 5.27. The predicted octanol–water partition coefficient (Wildman–Crippen LogP) is 4.33. The Balaban J connectivity index is 1.56. The molecular weight excluding hydrogens is 392 g/mol. The number of nitrogens with one attached hydrogen (secondary N) is 1. The van der Waals surface area contributed by atoms with E-state index >= 15 is 0 Å². The molecule has 3 atom stereocenters. The van der Waals surface area contributed by atoms with Crippen molar-refractivity contribution in [3.8, 4) is 5.69 Å². The highest BCUT2D eigenvalue weighted by Gasteiger charge is 2.42. The lowest BCUT2D eigenvalue weighted by molar-refractivity contribution is 0.0836. The summed E-state index contributed by atoms with van der Waals surface area (Å²) in [6.07, 6.45) is 6.39. The van der Waals surface area contributed by atoms with Crippen molar-refractivity contribution in [1.29, 1.82) is 0 Å². The van der Waals surface area contributed by atoms with Crippen LogP contribution in [0.25, 0.3) is 5.69 Å². The number of hydrogen-bond donors (Lipinski definition) is 1. The Hall–Kier alpha value is -2.70. The van der Waals surface area contributed by atoms with Gasteiger partial charge in [0.15, 0.2) is 5.11 Å². The third-order valence-electron chi connectivity index (χ3n) is 6.02. The molecule has 5 nitrogen and oxygen atoms in total. The van der Waals surface area contributed by atoms with Crippen LogP contribution in [0.3, 0.4) is 0 Å². The van der Waals surface area contributed by atoms with Gasteiger partial charge in [0, 0.05) is 36.9 Å². The van der Waals surface area contributed by atoms with Gasteiger partial charge in [0.05, 0.1) is 23.9 Å². The molecule has 2 aliphatic heterocycles. The number of pyridine rings is 1. The molecule has 0 saturated carbocycles. The average molecular weight is 419 g/mol. The summed E-state index contributed by atoms with van der Waals surface area (Å²) >= 11 is 5.80. The first-order valence-electron chi connectivity index (χ1n) is 10.5. The minimum absolute atomic E-state index is 0.0146. The lowest BCUT2D eigenvalue weighted by Crippen LogP contribution is -2.36. The van der Waals surface area contributed by atoms with Crippen LogP contribution >= 0.6 is 12.2 Å². The van der Waals surface area contributed by atoms with Gasteiger partial charge >= 0.3 is 0 Å². The molecule has 0 spiro atoms. The largest absolute Gasteiger partial charge is 0.376 e. The fourth-order valence-electron chi connectivity index (χ4n) is 4.51. The summed E-state index contributed by atoms with van der Waals surface area (Å²) in [6, 6.07) is 19.0. The number of aromatic nitrogens is 2. The van der Waals surface area contributed by atoms with Gasteiger partial charge in [-0.15, -0.1) is 0 Å². The Morgan fingerprint density at radius 1 is 1.13 bits per heavy atom. The third-order valence-corrected chi connectivity index (χ3v) is 6.37. The van der Waals surface area contributed by atoms with Gasteiger partial charge in [-0.25, -0.2) is 0 Å². The Bertz CT molecular complexity index is 1010. The second-order valence-corrected chi connectivity index (χ2v) is 8.44. The highest BCUT2D eigenvalue weighted by atomic mass is 32.1. The molecule has 3 unspecified atom stereocenters. The second-order valence-electron chi connectivity index (χ2n) is 8.05. The van der Waals surface area contributed by atoms with Gasteiger partial charge in [-0.05, 0) is 68.4 Å². The molecule has 154 valence electrons. The Morgan fingerprint density at radius 3 is 2.73 bits per heavy atom. The van der Waals surface area contributed by atoms with Crippen molar-refractivity contribution in [2.75, 3.05) is 13.2 Å². The molecular formula is C24H26N4OS. The number of thiocarbonyl (C=S) groups is 1. The molecule has 2 fully saturated rings. The molecule has 1 aromatic carbocycles. The summed E-state index contributed by atoms with van der Waals surface area (Å²) in [5, 5.41) is 4.31. The van der Waals surface area contributed by atoms with Crippen molar-refractivity contribution >= 4 is 17.3 Å². The lowest BCUT2D eigenvalue weighted by atomic mass is 10.0. The summed E-state index contributed by atoms with van der Waals surface area (Å²) in [7, 11) is 0. The first-order chi connectivity index (χ1) is 14.7. The Labute approximate surface area is 182 Å². The van der Waals surface area contributed by atoms with E-state index in [4.69, 9.17) is 17.0 Å². The minimum Gasteiger partial charge on any atom is -0.376 e. The van der Waals surface area contributed by atoms with Gasteiger partial charge in [-0.3, -0.25) is 4.98 Å². The molecule has 4 heterocycles. The van der Waals surface area contributed by atoms with Crippen LogP contribution in [0.1, 0.15) is 41.9 Å². The molecule has 30 heavy (non-hydrogen) atoms. The van der Waals surface area contributed by atoms with Crippen LogP contribution in [-0.4, -0.2) is 38.8 Å². The standard InChI is InChI=1S/C24H26N4OS/c1-17-9-11-18(12-10-17)27-14-4-8-21(27)23-22(20-7-2-3-13-25-20)26-24(30)28(23)16-19-6-5-15-29-19/h2-4,7-14,19,22-23H,5-6,15-16H2,1H3,(H,26,30). The van der Waals surface area contributed by atoms with Crippen LogP contribution in [0.4, 0.5) is 0 Å². The van der Waals surface area contributed by atoms with E-state index in [-0.39, 0.29) is 18.2 Å². The van der Waals surface area contributed by atoms with E-state index in [9.17, 15) is 0 Å². The molecule has 2 aliphatic rings. The first kappa shape index (κ1) is 19.3. The molecule has 5 rings (SSSR count). The molecule has 0 radical (unpaired) electrons. The lowest BCUT2D eigenvalue weighted by Gasteiger charge is -2.30. The summed E-state index contributed by atoms with van der Waals surface area (Å²) in [5.41, 5.74) is 4.59. The van der Waals surface area contributed by atoms with E-state index in [1.165, 1.54) is 11.3 Å². The van der Waals surface area contributed by atoms with Gasteiger partial charge < -0.3 is 19.5 Å². The zero-order valence-electron chi connectivity index (χ0n) is 17.1. The van der Waals surface area contributed by atoms with E-state index in [1.54, 1.807) is 0 Å². The second kappa shape index (κ2) is 8.20. The predicted molar refractivity (Wildman–Crippen MR) is 122 cm³/mol. The maximum Gasteiger partial charge on any atom is 0.170 e. The van der Waals surface area contributed by atoms with E-state index in [0.717, 1.165) is 42.5 Å². The fourth-order valence-corrected chi connectivity index (χ4v) is 4.82. The molecule has 1 N–H and O–H groups in total. The van der Waals surface area contributed by atoms with Crippen molar-refractivity contribution in [1.82, 2.24) is 19.8 Å². The van der Waals surface area contributed by atoms with Crippen LogP contribution in [0, 0.1) is 6.92 Å². The van der Waals surface area contributed by atoms with Crippen LogP contribution in [0.15, 0.2) is 67.0 Å². The van der Waals surface area contributed by atoms with E-state index in [0.29, 0.717) is 0 Å². The van der Waals surface area contributed by atoms with Gasteiger partial charge in [0.1, 0.15) is 0 Å².